The first-order chi connectivity index (χ1) is 5.24. The van der Waals surface area contributed by atoms with Crippen LogP contribution in [-0.4, -0.2) is 21.1 Å². The molecule has 0 aromatic heterocycles. The largest absolute Gasteiger partial charge is 0.480 e. The molecule has 12 heavy (non-hydrogen) atoms. The second kappa shape index (κ2) is 4.17. The van der Waals surface area contributed by atoms with Gasteiger partial charge in [-0.05, 0) is 5.92 Å². The Balaban J connectivity index is 4.25. The first kappa shape index (κ1) is 11.8. The summed E-state index contributed by atoms with van der Waals surface area (Å²) in [7, 11) is 0. The van der Waals surface area contributed by atoms with Crippen molar-refractivity contribution in [2.75, 3.05) is 0 Å². The Morgan fingerprint density at radius 1 is 1.33 bits per heavy atom. The zero-order valence-electron chi connectivity index (χ0n) is 8.42. The zero-order valence-corrected chi connectivity index (χ0v) is 9.23. The van der Waals surface area contributed by atoms with Crippen LogP contribution in [0.25, 0.3) is 0 Å². The van der Waals surface area contributed by atoms with Gasteiger partial charge in [-0.2, -0.15) is 0 Å². The highest BCUT2D eigenvalue weighted by Gasteiger charge is 2.27. The van der Waals surface area contributed by atoms with Gasteiger partial charge in [-0.15, -0.1) is 11.8 Å². The topological polar surface area (TPSA) is 37.3 Å². The molecule has 0 aliphatic heterocycles. The molecule has 3 heteroatoms. The molecular weight excluding hydrogens is 172 g/mol. The fraction of sp³-hybridized carbons (Fsp3) is 0.889. The summed E-state index contributed by atoms with van der Waals surface area (Å²) in [5, 5.41) is 8.60. The van der Waals surface area contributed by atoms with Gasteiger partial charge < -0.3 is 5.11 Å². The highest BCUT2D eigenvalue weighted by molar-refractivity contribution is 8.01. The van der Waals surface area contributed by atoms with Crippen molar-refractivity contribution in [3.05, 3.63) is 0 Å². The standard InChI is InChI=1S/C9H18O2S/c1-6(2)7(8(10)11)12-9(3,4)5/h6-7H,1-5H3,(H,10,11)/t7-/m1/s1. The maximum atomic E-state index is 10.8. The molecule has 0 aromatic carbocycles. The van der Waals surface area contributed by atoms with Gasteiger partial charge in [0.1, 0.15) is 5.25 Å². The summed E-state index contributed by atoms with van der Waals surface area (Å²) in [5.74, 6) is -0.517. The third-order valence-corrected chi connectivity index (χ3v) is 3.04. The van der Waals surface area contributed by atoms with Crippen LogP contribution in [0.5, 0.6) is 0 Å². The van der Waals surface area contributed by atoms with Crippen molar-refractivity contribution >= 4 is 17.7 Å². The molecule has 1 N–H and O–H groups in total. The highest BCUT2D eigenvalue weighted by Crippen LogP contribution is 2.31. The normalized spacial score (nSPS) is 14.8. The van der Waals surface area contributed by atoms with Crippen LogP contribution in [0.2, 0.25) is 0 Å². The average Bonchev–Trinajstić information content (AvgIpc) is 1.79. The highest BCUT2D eigenvalue weighted by atomic mass is 32.2. The number of carbonyl (C=O) groups is 1. The zero-order chi connectivity index (χ0) is 9.94. The van der Waals surface area contributed by atoms with Crippen LogP contribution in [0.4, 0.5) is 0 Å². The van der Waals surface area contributed by atoms with Crippen molar-refractivity contribution in [1.29, 1.82) is 0 Å². The van der Waals surface area contributed by atoms with E-state index in [0.29, 0.717) is 0 Å². The van der Waals surface area contributed by atoms with E-state index in [-0.39, 0.29) is 15.9 Å². The molecule has 1 atom stereocenters. The minimum atomic E-state index is -0.704. The molecule has 72 valence electrons. The van der Waals surface area contributed by atoms with E-state index in [2.05, 4.69) is 0 Å². The van der Waals surface area contributed by atoms with Crippen LogP contribution in [0.1, 0.15) is 34.6 Å². The van der Waals surface area contributed by atoms with Gasteiger partial charge >= 0.3 is 5.97 Å². The van der Waals surface area contributed by atoms with Gasteiger partial charge in [-0.3, -0.25) is 4.79 Å². The Morgan fingerprint density at radius 2 is 1.75 bits per heavy atom. The number of hydrogen-bond donors (Lipinski definition) is 1. The maximum absolute atomic E-state index is 10.8. The van der Waals surface area contributed by atoms with Gasteiger partial charge in [0.05, 0.1) is 0 Å². The lowest BCUT2D eigenvalue weighted by Gasteiger charge is -2.25. The molecule has 0 amide bonds. The maximum Gasteiger partial charge on any atom is 0.316 e. The summed E-state index contributed by atoms with van der Waals surface area (Å²) in [4.78, 5) is 10.8. The van der Waals surface area contributed by atoms with E-state index in [4.69, 9.17) is 5.11 Å². The average molecular weight is 190 g/mol. The number of aliphatic carboxylic acids is 1. The number of rotatable bonds is 3. The monoisotopic (exact) mass is 190 g/mol. The van der Waals surface area contributed by atoms with Crippen molar-refractivity contribution in [2.45, 2.75) is 44.6 Å². The molecule has 0 bridgehead atoms. The summed E-state index contributed by atoms with van der Waals surface area (Å²) < 4.78 is 0.0212. The SMILES string of the molecule is CC(C)[C@@H](SC(C)(C)C)C(=O)O. The first-order valence-electron chi connectivity index (χ1n) is 4.14. The smallest absolute Gasteiger partial charge is 0.316 e. The summed E-state index contributed by atoms with van der Waals surface area (Å²) in [6, 6.07) is 0. The quantitative estimate of drug-likeness (QED) is 0.743. The number of carboxylic acid groups (broad SMARTS) is 1. The van der Waals surface area contributed by atoms with Crippen LogP contribution in [0.3, 0.4) is 0 Å². The van der Waals surface area contributed by atoms with Gasteiger partial charge in [-0.25, -0.2) is 0 Å². The molecule has 0 aliphatic carbocycles. The van der Waals surface area contributed by atoms with E-state index in [1.165, 1.54) is 11.8 Å². The van der Waals surface area contributed by atoms with E-state index in [0.717, 1.165) is 0 Å². The summed E-state index contributed by atoms with van der Waals surface area (Å²) >= 11 is 1.52. The lowest BCUT2D eigenvalue weighted by molar-refractivity contribution is -0.137. The molecular formula is C9H18O2S. The summed E-state index contributed by atoms with van der Waals surface area (Å²) in [6.07, 6.45) is 0. The van der Waals surface area contributed by atoms with E-state index in [1.807, 2.05) is 34.6 Å². The predicted octanol–water partition coefficient (Wildman–Crippen LogP) is 2.63. The van der Waals surface area contributed by atoms with Crippen LogP contribution < -0.4 is 0 Å². The van der Waals surface area contributed by atoms with E-state index < -0.39 is 5.97 Å². The Morgan fingerprint density at radius 3 is 1.83 bits per heavy atom. The van der Waals surface area contributed by atoms with E-state index in [1.54, 1.807) is 0 Å². The second-order valence-corrected chi connectivity index (χ2v) is 6.20. The number of hydrogen-bond acceptors (Lipinski definition) is 2. The molecule has 0 unspecified atom stereocenters. The lowest BCUT2D eigenvalue weighted by Crippen LogP contribution is -2.27. The third-order valence-electron chi connectivity index (χ3n) is 1.33. The van der Waals surface area contributed by atoms with E-state index in [9.17, 15) is 4.79 Å². The molecule has 0 aliphatic rings. The molecule has 0 aromatic rings. The molecule has 0 spiro atoms. The summed E-state index contributed by atoms with van der Waals surface area (Å²) in [6.45, 7) is 10.00. The third kappa shape index (κ3) is 4.65. The van der Waals surface area contributed by atoms with Crippen LogP contribution >= 0.6 is 11.8 Å². The van der Waals surface area contributed by atoms with Gasteiger partial charge in [0, 0.05) is 4.75 Å². The predicted molar refractivity (Wildman–Crippen MR) is 53.6 cm³/mol. The molecule has 0 saturated heterocycles. The minimum absolute atomic E-state index is 0.0212. The van der Waals surface area contributed by atoms with Crippen LogP contribution in [0.15, 0.2) is 0 Å². The van der Waals surface area contributed by atoms with Crippen molar-refractivity contribution in [2.24, 2.45) is 5.92 Å². The Kier molecular flexibility index (Phi) is 4.11. The van der Waals surface area contributed by atoms with E-state index >= 15 is 0 Å². The Hall–Kier alpha value is -0.180. The first-order valence-corrected chi connectivity index (χ1v) is 5.02. The van der Waals surface area contributed by atoms with Gasteiger partial charge in [0.2, 0.25) is 0 Å². The molecule has 0 heterocycles. The summed E-state index contributed by atoms with van der Waals surface area (Å²) in [5.41, 5.74) is 0. The molecule has 0 radical (unpaired) electrons. The number of carboxylic acids is 1. The fourth-order valence-corrected chi connectivity index (χ4v) is 1.99. The second-order valence-electron chi connectivity index (χ2n) is 4.23. The van der Waals surface area contributed by atoms with Crippen molar-refractivity contribution < 1.29 is 9.90 Å². The van der Waals surface area contributed by atoms with Gasteiger partial charge in [0.15, 0.2) is 0 Å². The van der Waals surface area contributed by atoms with Crippen molar-refractivity contribution in [1.82, 2.24) is 0 Å². The molecule has 0 rings (SSSR count). The lowest BCUT2D eigenvalue weighted by atomic mass is 10.1. The van der Waals surface area contributed by atoms with Crippen molar-refractivity contribution in [3.8, 4) is 0 Å². The fourth-order valence-electron chi connectivity index (χ4n) is 0.853. The Bertz CT molecular complexity index is 158. The minimum Gasteiger partial charge on any atom is -0.480 e. The molecule has 0 saturated carbocycles. The molecule has 0 fully saturated rings. The van der Waals surface area contributed by atoms with Gasteiger partial charge in [-0.1, -0.05) is 34.6 Å². The Labute approximate surface area is 78.7 Å². The molecule has 2 nitrogen and oxygen atoms in total. The van der Waals surface area contributed by atoms with Crippen LogP contribution in [0, 0.1) is 5.92 Å². The van der Waals surface area contributed by atoms with Gasteiger partial charge in [0.25, 0.3) is 0 Å². The number of thioether (sulfide) groups is 1. The van der Waals surface area contributed by atoms with Crippen molar-refractivity contribution in [3.63, 3.8) is 0 Å². The van der Waals surface area contributed by atoms with Crippen LogP contribution in [-0.2, 0) is 4.79 Å².